The number of hydrogen-bond donors (Lipinski definition) is 2. The molecule has 4 heteroatoms. The van der Waals surface area contributed by atoms with E-state index in [9.17, 15) is 0 Å². The maximum absolute atomic E-state index is 8.38. The monoisotopic (exact) mass is 193 g/mol. The van der Waals surface area contributed by atoms with Crippen molar-refractivity contribution in [3.05, 3.63) is 11.1 Å². The highest BCUT2D eigenvalue weighted by Gasteiger charge is 1.89. The molecular formula is C8H16ClNO2. The Balaban J connectivity index is 3.00. The second-order valence-corrected chi connectivity index (χ2v) is 2.69. The van der Waals surface area contributed by atoms with Crippen molar-refractivity contribution < 1.29 is 9.84 Å². The molecule has 0 bridgehead atoms. The van der Waals surface area contributed by atoms with Crippen molar-refractivity contribution in [1.29, 1.82) is 0 Å². The first-order valence-corrected chi connectivity index (χ1v) is 4.40. The molecule has 0 saturated heterocycles. The Kier molecular flexibility index (Phi) is 8.93. The van der Waals surface area contributed by atoms with Gasteiger partial charge in [-0.3, -0.25) is 0 Å². The van der Waals surface area contributed by atoms with E-state index >= 15 is 0 Å². The van der Waals surface area contributed by atoms with Gasteiger partial charge in [-0.15, -0.1) is 0 Å². The van der Waals surface area contributed by atoms with Crippen LogP contribution in [0.2, 0.25) is 0 Å². The second kappa shape index (κ2) is 9.00. The molecule has 0 amide bonds. The van der Waals surface area contributed by atoms with Gasteiger partial charge in [0.05, 0.1) is 19.8 Å². The van der Waals surface area contributed by atoms with Crippen LogP contribution in [0.25, 0.3) is 0 Å². The van der Waals surface area contributed by atoms with E-state index in [2.05, 4.69) is 5.32 Å². The normalized spacial score (nSPS) is 12.1. The number of rotatable bonds is 7. The number of nitrogens with one attached hydrogen (secondary N) is 1. The van der Waals surface area contributed by atoms with Crippen LogP contribution in [-0.4, -0.2) is 38.0 Å². The molecule has 0 rings (SSSR count). The van der Waals surface area contributed by atoms with E-state index in [1.807, 2.05) is 6.92 Å². The first kappa shape index (κ1) is 11.9. The molecule has 0 radical (unpaired) electrons. The van der Waals surface area contributed by atoms with Crippen molar-refractivity contribution in [2.75, 3.05) is 32.9 Å². The Morgan fingerprint density at radius 1 is 1.58 bits per heavy atom. The number of aliphatic hydroxyl groups excluding tert-OH is 1. The minimum atomic E-state index is 0.0839. The number of halogens is 1. The average Bonchev–Trinajstić information content (AvgIpc) is 2.10. The Labute approximate surface area is 78.4 Å². The van der Waals surface area contributed by atoms with Gasteiger partial charge in [0.2, 0.25) is 0 Å². The topological polar surface area (TPSA) is 41.5 Å². The molecule has 0 spiro atoms. The molecule has 72 valence electrons. The fraction of sp³-hybridized carbons (Fsp3) is 0.750. The SMILES string of the molecule is CC(=CCl)CNCCOCCO. The van der Waals surface area contributed by atoms with E-state index in [4.69, 9.17) is 21.4 Å². The summed E-state index contributed by atoms with van der Waals surface area (Å²) >= 11 is 5.45. The lowest BCUT2D eigenvalue weighted by Crippen LogP contribution is -2.22. The number of ether oxygens (including phenoxy) is 1. The lowest BCUT2D eigenvalue weighted by Gasteiger charge is -2.04. The van der Waals surface area contributed by atoms with E-state index in [-0.39, 0.29) is 6.61 Å². The van der Waals surface area contributed by atoms with Crippen molar-refractivity contribution in [2.24, 2.45) is 0 Å². The van der Waals surface area contributed by atoms with Crippen LogP contribution in [0, 0.1) is 0 Å². The van der Waals surface area contributed by atoms with Gasteiger partial charge in [-0.2, -0.15) is 0 Å². The molecular weight excluding hydrogens is 178 g/mol. The van der Waals surface area contributed by atoms with Crippen molar-refractivity contribution in [2.45, 2.75) is 6.92 Å². The third kappa shape index (κ3) is 8.01. The number of hydrogen-bond acceptors (Lipinski definition) is 3. The molecule has 0 aromatic heterocycles. The van der Waals surface area contributed by atoms with E-state index < -0.39 is 0 Å². The minimum absolute atomic E-state index is 0.0839. The fourth-order valence-corrected chi connectivity index (χ4v) is 0.712. The summed E-state index contributed by atoms with van der Waals surface area (Å²) in [6.07, 6.45) is 0. The van der Waals surface area contributed by atoms with E-state index in [0.29, 0.717) is 13.2 Å². The Morgan fingerprint density at radius 2 is 2.33 bits per heavy atom. The molecule has 0 aliphatic rings. The summed E-state index contributed by atoms with van der Waals surface area (Å²) in [4.78, 5) is 0. The molecule has 0 aromatic rings. The van der Waals surface area contributed by atoms with Gasteiger partial charge in [-0.05, 0) is 12.5 Å². The summed E-state index contributed by atoms with van der Waals surface area (Å²) in [6.45, 7) is 4.63. The predicted molar refractivity (Wildman–Crippen MR) is 50.4 cm³/mol. The molecule has 0 atom stereocenters. The second-order valence-electron chi connectivity index (χ2n) is 2.47. The molecule has 3 nitrogen and oxygen atoms in total. The summed E-state index contributed by atoms with van der Waals surface area (Å²) in [5, 5.41) is 11.5. The summed E-state index contributed by atoms with van der Waals surface area (Å²) in [7, 11) is 0. The molecule has 2 N–H and O–H groups in total. The molecule has 0 fully saturated rings. The average molecular weight is 194 g/mol. The zero-order chi connectivity index (χ0) is 9.23. The van der Waals surface area contributed by atoms with Gasteiger partial charge in [-0.25, -0.2) is 0 Å². The van der Waals surface area contributed by atoms with Crippen LogP contribution in [0.5, 0.6) is 0 Å². The summed E-state index contributed by atoms with van der Waals surface area (Å²) in [5.41, 5.74) is 2.65. The van der Waals surface area contributed by atoms with Crippen LogP contribution in [0.4, 0.5) is 0 Å². The highest BCUT2D eigenvalue weighted by atomic mass is 35.5. The van der Waals surface area contributed by atoms with E-state index in [1.54, 1.807) is 5.54 Å². The molecule has 12 heavy (non-hydrogen) atoms. The maximum atomic E-state index is 8.38. The lowest BCUT2D eigenvalue weighted by molar-refractivity contribution is 0.0943. The van der Waals surface area contributed by atoms with Gasteiger partial charge in [0.25, 0.3) is 0 Å². The fourth-order valence-electron chi connectivity index (χ4n) is 0.635. The van der Waals surface area contributed by atoms with Crippen molar-refractivity contribution in [1.82, 2.24) is 5.32 Å². The number of aliphatic hydroxyl groups is 1. The van der Waals surface area contributed by atoms with Crippen LogP contribution in [-0.2, 0) is 4.74 Å². The third-order valence-corrected chi connectivity index (χ3v) is 1.62. The van der Waals surface area contributed by atoms with Crippen LogP contribution in [0.1, 0.15) is 6.92 Å². The zero-order valence-electron chi connectivity index (χ0n) is 7.35. The Hall–Kier alpha value is -0.0900. The van der Waals surface area contributed by atoms with E-state index in [1.165, 1.54) is 0 Å². The van der Waals surface area contributed by atoms with Crippen molar-refractivity contribution >= 4 is 11.6 Å². The van der Waals surface area contributed by atoms with Gasteiger partial charge in [0, 0.05) is 18.6 Å². The lowest BCUT2D eigenvalue weighted by atomic mass is 10.3. The van der Waals surface area contributed by atoms with Crippen molar-refractivity contribution in [3.8, 4) is 0 Å². The zero-order valence-corrected chi connectivity index (χ0v) is 8.10. The molecule has 0 unspecified atom stereocenters. The Bertz CT molecular complexity index is 128. The van der Waals surface area contributed by atoms with Crippen LogP contribution < -0.4 is 5.32 Å². The van der Waals surface area contributed by atoms with Gasteiger partial charge in [0.1, 0.15) is 0 Å². The smallest absolute Gasteiger partial charge is 0.0698 e. The quantitative estimate of drug-likeness (QED) is 0.586. The summed E-state index contributed by atoms with van der Waals surface area (Å²) in [5.74, 6) is 0. The van der Waals surface area contributed by atoms with E-state index in [0.717, 1.165) is 18.7 Å². The molecule has 0 saturated carbocycles. The minimum Gasteiger partial charge on any atom is -0.394 e. The highest BCUT2D eigenvalue weighted by Crippen LogP contribution is 1.91. The Morgan fingerprint density at radius 3 is 2.92 bits per heavy atom. The molecule has 0 heterocycles. The van der Waals surface area contributed by atoms with Gasteiger partial charge in [0.15, 0.2) is 0 Å². The predicted octanol–water partition coefficient (Wildman–Crippen LogP) is 0.728. The van der Waals surface area contributed by atoms with Crippen LogP contribution >= 0.6 is 11.6 Å². The first-order chi connectivity index (χ1) is 5.81. The van der Waals surface area contributed by atoms with Gasteiger partial charge < -0.3 is 15.2 Å². The molecule has 0 aromatic carbocycles. The van der Waals surface area contributed by atoms with Gasteiger partial charge in [-0.1, -0.05) is 11.6 Å². The molecule has 0 aliphatic heterocycles. The third-order valence-electron chi connectivity index (χ3n) is 1.25. The maximum Gasteiger partial charge on any atom is 0.0698 e. The largest absolute Gasteiger partial charge is 0.394 e. The van der Waals surface area contributed by atoms with Crippen molar-refractivity contribution in [3.63, 3.8) is 0 Å². The van der Waals surface area contributed by atoms with Crippen LogP contribution in [0.3, 0.4) is 0 Å². The summed E-state index contributed by atoms with van der Waals surface area (Å²) in [6, 6.07) is 0. The van der Waals surface area contributed by atoms with Crippen LogP contribution in [0.15, 0.2) is 11.1 Å². The standard InChI is InChI=1S/C8H16ClNO2/c1-8(6-9)7-10-2-4-12-5-3-11/h6,10-11H,2-5,7H2,1H3. The summed E-state index contributed by atoms with van der Waals surface area (Å²) < 4.78 is 5.03. The van der Waals surface area contributed by atoms with Gasteiger partial charge >= 0.3 is 0 Å². The first-order valence-electron chi connectivity index (χ1n) is 3.96. The molecule has 0 aliphatic carbocycles. The highest BCUT2D eigenvalue weighted by molar-refractivity contribution is 6.25.